The smallest absolute Gasteiger partial charge is 0.235 e. The van der Waals surface area contributed by atoms with Crippen molar-refractivity contribution in [1.29, 1.82) is 5.26 Å². The average molecular weight is 592 g/mol. The number of nitrogens with zero attached hydrogens (tertiary/aromatic N) is 6. The molecule has 2 atom stereocenters. The lowest BCUT2D eigenvalue weighted by molar-refractivity contribution is 0.111. The molecule has 2 bridgehead atoms. The van der Waals surface area contributed by atoms with Crippen LogP contribution in [0.1, 0.15) is 49.7 Å². The van der Waals surface area contributed by atoms with Gasteiger partial charge in [0.15, 0.2) is 11.1 Å². The van der Waals surface area contributed by atoms with Crippen LogP contribution < -0.4 is 30.0 Å². The minimum Gasteiger partial charge on any atom is -0.489 e. The van der Waals surface area contributed by atoms with Crippen molar-refractivity contribution in [2.75, 3.05) is 55.7 Å². The van der Waals surface area contributed by atoms with Crippen molar-refractivity contribution in [2.24, 2.45) is 7.05 Å². The Morgan fingerprint density at radius 1 is 1.16 bits per heavy atom. The van der Waals surface area contributed by atoms with Crippen molar-refractivity contribution in [2.45, 2.75) is 56.1 Å². The molecule has 0 saturated carbocycles. The molecule has 0 radical (unpaired) electrons. The Labute approximate surface area is 257 Å². The molecule has 10 nitrogen and oxygen atoms in total. The summed E-state index contributed by atoms with van der Waals surface area (Å²) in [4.78, 5) is 26.1. The quantitative estimate of drug-likeness (QED) is 0.449. The highest BCUT2D eigenvalue weighted by Gasteiger charge is 2.45. The van der Waals surface area contributed by atoms with Crippen LogP contribution in [-0.4, -0.2) is 78.0 Å². The maximum absolute atomic E-state index is 14.2. The first-order chi connectivity index (χ1) is 21.5. The van der Waals surface area contributed by atoms with E-state index in [0.717, 1.165) is 70.4 Å². The second-order valence-electron chi connectivity index (χ2n) is 12.9. The van der Waals surface area contributed by atoms with Crippen LogP contribution in [0.25, 0.3) is 11.0 Å². The molecule has 4 fully saturated rings. The number of terminal acetylenes is 1. The van der Waals surface area contributed by atoms with Gasteiger partial charge in [-0.25, -0.2) is 0 Å². The Kier molecular flexibility index (Phi) is 6.48. The molecule has 3 aromatic rings. The van der Waals surface area contributed by atoms with Gasteiger partial charge in [-0.2, -0.15) is 10.2 Å². The van der Waals surface area contributed by atoms with Crippen LogP contribution in [-0.2, 0) is 7.05 Å². The number of piperazine rings is 1. The van der Waals surface area contributed by atoms with E-state index < -0.39 is 0 Å². The van der Waals surface area contributed by atoms with Gasteiger partial charge in [0.25, 0.3) is 0 Å². The molecule has 10 heteroatoms. The lowest BCUT2D eigenvalue weighted by atomic mass is 9.95. The number of anilines is 3. The second kappa shape index (κ2) is 10.4. The minimum absolute atomic E-state index is 0.00541. The summed E-state index contributed by atoms with van der Waals surface area (Å²) in [6.07, 6.45) is 12.6. The van der Waals surface area contributed by atoms with E-state index in [1.54, 1.807) is 6.07 Å². The van der Waals surface area contributed by atoms with Crippen LogP contribution in [0.4, 0.5) is 17.2 Å². The number of fused-ring (bicyclic) bond motifs is 5. The maximum Gasteiger partial charge on any atom is 0.235 e. The number of pyridine rings is 2. The van der Waals surface area contributed by atoms with Crippen molar-refractivity contribution < 1.29 is 9.47 Å². The number of ether oxygens (including phenoxy) is 2. The molecular weight excluding hydrogens is 554 g/mol. The van der Waals surface area contributed by atoms with E-state index in [1.165, 1.54) is 0 Å². The van der Waals surface area contributed by atoms with Gasteiger partial charge in [-0.05, 0) is 63.7 Å². The lowest BCUT2D eigenvalue weighted by Gasteiger charge is -2.37. The van der Waals surface area contributed by atoms with Crippen LogP contribution >= 0.6 is 0 Å². The van der Waals surface area contributed by atoms with Crippen LogP contribution in [0, 0.1) is 23.7 Å². The molecule has 5 aliphatic rings. The van der Waals surface area contributed by atoms with Gasteiger partial charge in [-0.3, -0.25) is 9.69 Å². The van der Waals surface area contributed by atoms with E-state index in [4.69, 9.17) is 20.9 Å². The van der Waals surface area contributed by atoms with Crippen molar-refractivity contribution in [3.8, 4) is 30.0 Å². The number of nitrogens with one attached hydrogen (secondary N) is 1. The Morgan fingerprint density at radius 3 is 2.66 bits per heavy atom. The number of nitriles is 1. The normalized spacial score (nSPS) is 23.6. The molecule has 1 aromatic carbocycles. The Morgan fingerprint density at radius 2 is 1.93 bits per heavy atom. The molecule has 2 unspecified atom stereocenters. The summed E-state index contributed by atoms with van der Waals surface area (Å²) in [5.41, 5.74) is 2.79. The standard InChI is InChI=1S/C34H37N7O3/c1-3-22-7-4-8-27-30(22)41(15-16-43-27)28-17-26(42)29-31(39-19-23-9-10-24(20-39)36-23)25(18-35)33(37-32(29)38(28)2)44-21-34-11-5-13-40(34)14-6-12-34/h1,4,7-8,17,23-24,36H,5-6,9-16,19-21H2,2H3. The highest BCUT2D eigenvalue weighted by molar-refractivity contribution is 5.96. The van der Waals surface area contributed by atoms with Gasteiger partial charge in [0.05, 0.1) is 28.7 Å². The Bertz CT molecular complexity index is 1780. The van der Waals surface area contributed by atoms with E-state index in [1.807, 2.05) is 34.7 Å². The SMILES string of the molecule is C#Cc1cccc2c1N(c1cc(=O)c3c(N4CC5CCC(C4)N5)c(C#N)c(OCC45CCCN4CCC5)nc3n1C)CCO2. The monoisotopic (exact) mass is 591 g/mol. The number of hydrogen-bond donors (Lipinski definition) is 1. The van der Waals surface area contributed by atoms with E-state index in [9.17, 15) is 10.1 Å². The summed E-state index contributed by atoms with van der Waals surface area (Å²) in [5, 5.41) is 14.8. The first-order valence-corrected chi connectivity index (χ1v) is 15.9. The van der Waals surface area contributed by atoms with Crippen molar-refractivity contribution in [3.05, 3.63) is 45.6 Å². The summed E-state index contributed by atoms with van der Waals surface area (Å²) in [5.74, 6) is 4.45. The molecule has 2 aromatic heterocycles. The van der Waals surface area contributed by atoms with Gasteiger partial charge in [-0.15, -0.1) is 6.42 Å². The van der Waals surface area contributed by atoms with E-state index in [0.29, 0.717) is 77.1 Å². The molecule has 0 aliphatic carbocycles. The first kappa shape index (κ1) is 27.3. The number of aryl methyl sites for hydroxylation is 1. The van der Waals surface area contributed by atoms with Gasteiger partial charge in [0.1, 0.15) is 42.1 Å². The zero-order valence-electron chi connectivity index (χ0n) is 25.1. The molecule has 7 heterocycles. The third-order valence-electron chi connectivity index (χ3n) is 10.5. The zero-order valence-corrected chi connectivity index (χ0v) is 25.1. The predicted molar refractivity (Wildman–Crippen MR) is 169 cm³/mol. The number of aromatic nitrogens is 2. The van der Waals surface area contributed by atoms with Gasteiger partial charge >= 0.3 is 0 Å². The summed E-state index contributed by atoms with van der Waals surface area (Å²) in [6, 6.07) is 10.4. The first-order valence-electron chi connectivity index (χ1n) is 15.9. The van der Waals surface area contributed by atoms with Gasteiger partial charge in [0, 0.05) is 38.3 Å². The van der Waals surface area contributed by atoms with Crippen LogP contribution in [0.15, 0.2) is 29.1 Å². The second-order valence-corrected chi connectivity index (χ2v) is 12.9. The molecule has 8 rings (SSSR count). The van der Waals surface area contributed by atoms with Gasteiger partial charge < -0.3 is 29.2 Å². The van der Waals surface area contributed by atoms with E-state index >= 15 is 0 Å². The topological polar surface area (TPSA) is 98.9 Å². The fraction of sp³-hybridized carbons (Fsp3) is 0.500. The molecule has 0 spiro atoms. The van der Waals surface area contributed by atoms with Gasteiger partial charge in [0.2, 0.25) is 5.88 Å². The molecule has 0 amide bonds. The molecule has 5 aliphatic heterocycles. The van der Waals surface area contributed by atoms with Gasteiger partial charge in [-0.1, -0.05) is 12.0 Å². The largest absolute Gasteiger partial charge is 0.489 e. The molecule has 4 saturated heterocycles. The fourth-order valence-corrected chi connectivity index (χ4v) is 8.45. The Hall–Kier alpha value is -4.25. The summed E-state index contributed by atoms with van der Waals surface area (Å²) in [7, 11) is 1.92. The molecule has 44 heavy (non-hydrogen) atoms. The molecular formula is C34H37N7O3. The average Bonchev–Trinajstić information content (AvgIpc) is 3.73. The number of hydrogen-bond acceptors (Lipinski definition) is 9. The highest BCUT2D eigenvalue weighted by atomic mass is 16.5. The predicted octanol–water partition coefficient (Wildman–Crippen LogP) is 3.26. The summed E-state index contributed by atoms with van der Waals surface area (Å²) < 4.78 is 14.5. The number of rotatable bonds is 5. The molecule has 1 N–H and O–H groups in total. The Balaban J connectivity index is 1.31. The highest BCUT2D eigenvalue weighted by Crippen LogP contribution is 2.43. The third kappa shape index (κ3) is 4.16. The van der Waals surface area contributed by atoms with Crippen molar-refractivity contribution >= 4 is 28.2 Å². The van der Waals surface area contributed by atoms with E-state index in [2.05, 4.69) is 27.1 Å². The van der Waals surface area contributed by atoms with E-state index in [-0.39, 0.29) is 11.0 Å². The van der Waals surface area contributed by atoms with Crippen LogP contribution in [0.5, 0.6) is 11.6 Å². The zero-order chi connectivity index (χ0) is 30.0. The fourth-order valence-electron chi connectivity index (χ4n) is 8.45. The molecule has 226 valence electrons. The van der Waals surface area contributed by atoms with Crippen molar-refractivity contribution in [1.82, 2.24) is 19.8 Å². The number of benzene rings is 1. The minimum atomic E-state index is -0.174. The summed E-state index contributed by atoms with van der Waals surface area (Å²) >= 11 is 0. The summed E-state index contributed by atoms with van der Waals surface area (Å²) in [6.45, 7) is 5.11. The maximum atomic E-state index is 14.2. The third-order valence-corrected chi connectivity index (χ3v) is 10.5. The lowest BCUT2D eigenvalue weighted by Crippen LogP contribution is -2.51. The van der Waals surface area contributed by atoms with Crippen LogP contribution in [0.2, 0.25) is 0 Å². The number of para-hydroxylation sites is 1. The van der Waals surface area contributed by atoms with Crippen LogP contribution in [0.3, 0.4) is 0 Å². The van der Waals surface area contributed by atoms with Crippen molar-refractivity contribution in [3.63, 3.8) is 0 Å².